The first-order valence-electron chi connectivity index (χ1n) is 11.3. The minimum atomic E-state index is -0.320. The maximum Gasteiger partial charge on any atom is 0.267 e. The first kappa shape index (κ1) is 22.2. The van der Waals surface area contributed by atoms with Crippen molar-refractivity contribution in [2.24, 2.45) is 0 Å². The molecule has 1 aliphatic heterocycles. The zero-order chi connectivity index (χ0) is 23.5. The van der Waals surface area contributed by atoms with Gasteiger partial charge in [-0.05, 0) is 56.2 Å². The highest BCUT2D eigenvalue weighted by atomic mass is 32.1. The van der Waals surface area contributed by atoms with Gasteiger partial charge in [0.05, 0.1) is 5.69 Å². The van der Waals surface area contributed by atoms with Crippen molar-refractivity contribution in [3.8, 4) is 17.1 Å². The minimum absolute atomic E-state index is 0.206. The Kier molecular flexibility index (Phi) is 6.35. The molecule has 2 aromatic heterocycles. The first-order chi connectivity index (χ1) is 16.6. The van der Waals surface area contributed by atoms with Crippen LogP contribution in [0.3, 0.4) is 0 Å². The van der Waals surface area contributed by atoms with E-state index in [1.54, 1.807) is 19.1 Å². The maximum atomic E-state index is 13.1. The van der Waals surface area contributed by atoms with Gasteiger partial charge in [0, 0.05) is 24.2 Å². The van der Waals surface area contributed by atoms with Crippen LogP contribution >= 0.6 is 11.3 Å². The molecule has 1 aliphatic rings. The van der Waals surface area contributed by atoms with Gasteiger partial charge in [0.15, 0.2) is 5.82 Å². The van der Waals surface area contributed by atoms with Crippen molar-refractivity contribution in [3.63, 3.8) is 0 Å². The van der Waals surface area contributed by atoms with Gasteiger partial charge in [-0.15, -0.1) is 21.5 Å². The molecule has 3 heterocycles. The zero-order valence-corrected chi connectivity index (χ0v) is 19.6. The number of hydrogen-bond acceptors (Lipinski definition) is 6. The van der Waals surface area contributed by atoms with Crippen LogP contribution in [0.25, 0.3) is 11.4 Å². The highest BCUT2D eigenvalue weighted by molar-refractivity contribution is 7.13. The molecule has 0 spiro atoms. The number of carbonyl (C=O) groups is 1. The van der Waals surface area contributed by atoms with E-state index in [0.29, 0.717) is 27.0 Å². The van der Waals surface area contributed by atoms with Gasteiger partial charge >= 0.3 is 0 Å². The molecule has 5 rings (SSSR count). The number of hydrogen-bond donors (Lipinski definition) is 1. The summed E-state index contributed by atoms with van der Waals surface area (Å²) in [5.41, 5.74) is 2.25. The fourth-order valence-electron chi connectivity index (χ4n) is 4.02. The van der Waals surface area contributed by atoms with Crippen molar-refractivity contribution in [1.82, 2.24) is 19.7 Å². The van der Waals surface area contributed by atoms with E-state index in [4.69, 9.17) is 4.74 Å². The van der Waals surface area contributed by atoms with Crippen LogP contribution in [0, 0.1) is 12.7 Å². The second-order valence-electron chi connectivity index (χ2n) is 8.20. The fraction of sp³-hybridized carbons (Fsp3) is 0.280. The third-order valence-electron chi connectivity index (χ3n) is 5.71. The second kappa shape index (κ2) is 9.72. The van der Waals surface area contributed by atoms with Crippen molar-refractivity contribution in [3.05, 3.63) is 75.8 Å². The van der Waals surface area contributed by atoms with E-state index < -0.39 is 0 Å². The quantitative estimate of drug-likeness (QED) is 0.402. The van der Waals surface area contributed by atoms with Crippen LogP contribution < -0.4 is 10.1 Å². The van der Waals surface area contributed by atoms with Crippen LogP contribution in [-0.2, 0) is 19.6 Å². The highest BCUT2D eigenvalue weighted by Gasteiger charge is 2.18. The second-order valence-corrected chi connectivity index (χ2v) is 9.29. The molecule has 7 nitrogen and oxygen atoms in total. The van der Waals surface area contributed by atoms with Crippen molar-refractivity contribution in [2.75, 3.05) is 5.32 Å². The molecule has 0 radical (unpaired) electrons. The molecule has 0 saturated heterocycles. The number of aromatic nitrogens is 4. The van der Waals surface area contributed by atoms with Gasteiger partial charge in [-0.2, -0.15) is 0 Å². The summed E-state index contributed by atoms with van der Waals surface area (Å²) in [6.07, 6.45) is 4.40. The van der Waals surface area contributed by atoms with Crippen molar-refractivity contribution in [1.29, 1.82) is 0 Å². The molecule has 0 atom stereocenters. The lowest BCUT2D eigenvalue weighted by Crippen LogP contribution is -2.11. The lowest BCUT2D eigenvalue weighted by molar-refractivity contribution is 0.103. The van der Waals surface area contributed by atoms with Crippen LogP contribution in [0.2, 0.25) is 0 Å². The summed E-state index contributed by atoms with van der Waals surface area (Å²) in [6.45, 7) is 2.92. The van der Waals surface area contributed by atoms with Crippen molar-refractivity contribution in [2.45, 2.75) is 45.8 Å². The third kappa shape index (κ3) is 4.84. The van der Waals surface area contributed by atoms with Crippen LogP contribution in [0.4, 0.5) is 10.1 Å². The van der Waals surface area contributed by atoms with Crippen molar-refractivity contribution < 1.29 is 13.9 Å². The Labute approximate surface area is 200 Å². The number of carbonyl (C=O) groups excluding carboxylic acids is 1. The topological polar surface area (TPSA) is 81.9 Å². The van der Waals surface area contributed by atoms with Gasteiger partial charge in [-0.1, -0.05) is 18.6 Å². The van der Waals surface area contributed by atoms with Gasteiger partial charge in [0.25, 0.3) is 5.91 Å². The lowest BCUT2D eigenvalue weighted by atomic mass is 10.2. The smallest absolute Gasteiger partial charge is 0.267 e. The van der Waals surface area contributed by atoms with E-state index in [-0.39, 0.29) is 18.3 Å². The number of nitrogens with one attached hydrogen (secondary N) is 1. The Bertz CT molecular complexity index is 1320. The number of fused-ring (bicyclic) bond motifs is 1. The third-order valence-corrected chi connectivity index (χ3v) is 6.84. The number of rotatable bonds is 6. The van der Waals surface area contributed by atoms with Crippen molar-refractivity contribution >= 4 is 22.9 Å². The van der Waals surface area contributed by atoms with Gasteiger partial charge < -0.3 is 14.6 Å². The number of anilines is 1. The Morgan fingerprint density at radius 2 is 2.00 bits per heavy atom. The lowest BCUT2D eigenvalue weighted by Gasteiger charge is -2.09. The molecular weight excluding hydrogens is 453 g/mol. The Morgan fingerprint density at radius 3 is 2.85 bits per heavy atom. The normalized spacial score (nSPS) is 13.2. The highest BCUT2D eigenvalue weighted by Crippen LogP contribution is 2.26. The molecule has 1 amide bonds. The van der Waals surface area contributed by atoms with Crippen LogP contribution in [-0.4, -0.2) is 25.7 Å². The van der Waals surface area contributed by atoms with E-state index in [0.717, 1.165) is 43.0 Å². The van der Waals surface area contributed by atoms with Crippen LogP contribution in [0.1, 0.15) is 45.5 Å². The monoisotopic (exact) mass is 477 g/mol. The molecule has 0 fully saturated rings. The standard InChI is InChI=1S/C25H24FN5O2S/c1-16-23(34-22(27-16)15-33-20-11-9-18(26)10-12-20)25(32)28-19-7-5-6-17(14-19)24-30-29-21-8-3-2-4-13-31(21)24/h5-7,9-12,14H,2-4,8,13,15H2,1H3,(H,28,32). The maximum absolute atomic E-state index is 13.1. The van der Waals surface area contributed by atoms with Gasteiger partial charge in [0.1, 0.15) is 33.9 Å². The molecule has 0 saturated carbocycles. The predicted molar refractivity (Wildman–Crippen MR) is 129 cm³/mol. The van der Waals surface area contributed by atoms with E-state index in [2.05, 4.69) is 25.1 Å². The molecule has 9 heteroatoms. The molecule has 0 bridgehead atoms. The number of amides is 1. The molecule has 1 N–H and O–H groups in total. The summed E-state index contributed by atoms with van der Waals surface area (Å²) < 4.78 is 20.9. The number of nitrogens with zero attached hydrogens (tertiary/aromatic N) is 4. The van der Waals surface area contributed by atoms with E-state index in [1.165, 1.54) is 29.9 Å². The molecular formula is C25H24FN5O2S. The van der Waals surface area contributed by atoms with E-state index >= 15 is 0 Å². The average Bonchev–Trinajstić information content (AvgIpc) is 3.34. The molecule has 2 aromatic carbocycles. The van der Waals surface area contributed by atoms with Gasteiger partial charge in [-0.25, -0.2) is 9.37 Å². The molecule has 174 valence electrons. The number of halogens is 1. The summed E-state index contributed by atoms with van der Waals surface area (Å²) in [4.78, 5) is 18.0. The summed E-state index contributed by atoms with van der Waals surface area (Å²) in [5.74, 6) is 1.86. The molecule has 4 aromatic rings. The molecule has 34 heavy (non-hydrogen) atoms. The number of ether oxygens (including phenoxy) is 1. The molecule has 0 aliphatic carbocycles. The largest absolute Gasteiger partial charge is 0.486 e. The Morgan fingerprint density at radius 1 is 1.15 bits per heavy atom. The van der Waals surface area contributed by atoms with Crippen LogP contribution in [0.5, 0.6) is 5.75 Å². The van der Waals surface area contributed by atoms with Gasteiger partial charge in [0.2, 0.25) is 0 Å². The summed E-state index contributed by atoms with van der Waals surface area (Å²) in [7, 11) is 0. The summed E-state index contributed by atoms with van der Waals surface area (Å²) in [6, 6.07) is 13.5. The average molecular weight is 478 g/mol. The van der Waals surface area contributed by atoms with Gasteiger partial charge in [-0.3, -0.25) is 4.79 Å². The number of thiazole rings is 1. The first-order valence-corrected chi connectivity index (χ1v) is 12.1. The predicted octanol–water partition coefficient (Wildman–Crippen LogP) is 5.41. The number of benzene rings is 2. The Balaban J connectivity index is 1.29. The number of aryl methyl sites for hydroxylation is 2. The zero-order valence-electron chi connectivity index (χ0n) is 18.8. The Hall–Kier alpha value is -3.59. The molecule has 0 unspecified atom stereocenters. The van der Waals surface area contributed by atoms with E-state index in [9.17, 15) is 9.18 Å². The summed E-state index contributed by atoms with van der Waals surface area (Å²) in [5, 5.41) is 12.4. The van der Waals surface area contributed by atoms with E-state index in [1.807, 2.05) is 24.3 Å². The fourth-order valence-corrected chi connectivity index (χ4v) is 4.90. The minimum Gasteiger partial charge on any atom is -0.486 e. The van der Waals surface area contributed by atoms with Crippen LogP contribution in [0.15, 0.2) is 48.5 Å². The summed E-state index contributed by atoms with van der Waals surface area (Å²) >= 11 is 1.28. The SMILES string of the molecule is Cc1nc(COc2ccc(F)cc2)sc1C(=O)Nc1cccc(-c2nnc3n2CCCCC3)c1.